The summed E-state index contributed by atoms with van der Waals surface area (Å²) >= 11 is 0. The van der Waals surface area contributed by atoms with E-state index in [2.05, 4.69) is 4.74 Å². The zero-order chi connectivity index (χ0) is 10.8. The highest BCUT2D eigenvalue weighted by molar-refractivity contribution is 4.95. The van der Waals surface area contributed by atoms with Crippen LogP contribution in [0.25, 0.3) is 0 Å². The summed E-state index contributed by atoms with van der Waals surface area (Å²) in [5.74, 6) is 0. The van der Waals surface area contributed by atoms with E-state index in [9.17, 15) is 13.2 Å². The average Bonchev–Trinajstić information content (AvgIpc) is 2.06. The summed E-state index contributed by atoms with van der Waals surface area (Å²) in [6.45, 7) is 0.976. The van der Waals surface area contributed by atoms with Crippen molar-refractivity contribution < 1.29 is 22.6 Å². The summed E-state index contributed by atoms with van der Waals surface area (Å²) in [4.78, 5) is 0. The zero-order valence-electron chi connectivity index (χ0n) is 7.88. The second kappa shape index (κ2) is 4.46. The first kappa shape index (κ1) is 11.7. The summed E-state index contributed by atoms with van der Waals surface area (Å²) < 4.78 is 45.2. The van der Waals surface area contributed by atoms with Gasteiger partial charge in [0.2, 0.25) is 0 Å². The van der Waals surface area contributed by atoms with E-state index in [1.54, 1.807) is 6.92 Å². The molecular weight excluding hydrogens is 199 g/mol. The normalized spacial score (nSPS) is 32.8. The Bertz CT molecular complexity index is 186. The van der Waals surface area contributed by atoms with Gasteiger partial charge in [-0.05, 0) is 13.3 Å². The van der Waals surface area contributed by atoms with Crippen LogP contribution in [0.1, 0.15) is 13.3 Å². The molecule has 0 aromatic heterocycles. The maximum absolute atomic E-state index is 11.8. The van der Waals surface area contributed by atoms with E-state index >= 15 is 0 Å². The van der Waals surface area contributed by atoms with Gasteiger partial charge >= 0.3 is 6.18 Å². The van der Waals surface area contributed by atoms with Gasteiger partial charge in [0, 0.05) is 12.6 Å². The Balaban J connectivity index is 2.26. The third-order valence-corrected chi connectivity index (χ3v) is 2.11. The van der Waals surface area contributed by atoms with Gasteiger partial charge in [-0.3, -0.25) is 0 Å². The molecule has 1 saturated carbocycles. The number of nitrogens with two attached hydrogens (primary N) is 1. The second-order valence-electron chi connectivity index (χ2n) is 3.28. The van der Waals surface area contributed by atoms with Crippen molar-refractivity contribution in [1.82, 2.24) is 0 Å². The number of halogens is 3. The van der Waals surface area contributed by atoms with Crippen LogP contribution in [0.5, 0.6) is 0 Å². The molecule has 1 aliphatic carbocycles. The first-order chi connectivity index (χ1) is 6.44. The lowest BCUT2D eigenvalue weighted by atomic mass is 9.86. The van der Waals surface area contributed by atoms with Gasteiger partial charge in [0.15, 0.2) is 0 Å². The molecule has 0 aromatic carbocycles. The number of alkyl halides is 3. The maximum Gasteiger partial charge on any atom is 0.411 e. The van der Waals surface area contributed by atoms with Crippen LogP contribution in [0.15, 0.2) is 0 Å². The first-order valence-electron chi connectivity index (χ1n) is 4.49. The quantitative estimate of drug-likeness (QED) is 0.759. The number of rotatable bonds is 4. The molecule has 3 nitrogen and oxygen atoms in total. The maximum atomic E-state index is 11.8. The van der Waals surface area contributed by atoms with E-state index in [0.29, 0.717) is 13.0 Å². The van der Waals surface area contributed by atoms with Gasteiger partial charge < -0.3 is 15.2 Å². The smallest absolute Gasteiger partial charge is 0.374 e. The molecule has 84 valence electrons. The number of hydrogen-bond donors (Lipinski definition) is 1. The van der Waals surface area contributed by atoms with Gasteiger partial charge in [0.05, 0.1) is 12.2 Å². The fourth-order valence-corrected chi connectivity index (χ4v) is 1.40. The van der Waals surface area contributed by atoms with Crippen molar-refractivity contribution in [2.75, 3.05) is 13.2 Å². The molecule has 0 spiro atoms. The molecule has 1 fully saturated rings. The largest absolute Gasteiger partial charge is 0.411 e. The van der Waals surface area contributed by atoms with Crippen LogP contribution in [0.3, 0.4) is 0 Å². The monoisotopic (exact) mass is 213 g/mol. The van der Waals surface area contributed by atoms with Crippen LogP contribution < -0.4 is 5.73 Å². The lowest BCUT2D eigenvalue weighted by molar-refractivity contribution is -0.218. The molecule has 0 bridgehead atoms. The Morgan fingerprint density at radius 1 is 1.36 bits per heavy atom. The minimum atomic E-state index is -4.28. The summed E-state index contributed by atoms with van der Waals surface area (Å²) in [5, 5.41) is 0. The van der Waals surface area contributed by atoms with E-state index in [1.165, 1.54) is 0 Å². The number of hydrogen-bond acceptors (Lipinski definition) is 3. The van der Waals surface area contributed by atoms with E-state index in [0.717, 1.165) is 0 Å². The highest BCUT2D eigenvalue weighted by atomic mass is 19.4. The third-order valence-electron chi connectivity index (χ3n) is 2.11. The van der Waals surface area contributed by atoms with Crippen LogP contribution in [0, 0.1) is 0 Å². The van der Waals surface area contributed by atoms with Crippen molar-refractivity contribution in [2.45, 2.75) is 37.8 Å². The van der Waals surface area contributed by atoms with Crippen molar-refractivity contribution in [2.24, 2.45) is 5.73 Å². The van der Waals surface area contributed by atoms with Crippen molar-refractivity contribution in [3.8, 4) is 0 Å². The third kappa shape index (κ3) is 3.11. The SMILES string of the molecule is CCOC1C(N)CC1OCC(F)(F)F. The minimum absolute atomic E-state index is 0.201. The fraction of sp³-hybridized carbons (Fsp3) is 1.00. The molecule has 0 amide bonds. The summed E-state index contributed by atoms with van der Waals surface area (Å²) in [6, 6.07) is -0.201. The highest BCUT2D eigenvalue weighted by Gasteiger charge is 2.42. The molecule has 0 aromatic rings. The van der Waals surface area contributed by atoms with Gasteiger partial charge in [-0.2, -0.15) is 13.2 Å². The first-order valence-corrected chi connectivity index (χ1v) is 4.49. The van der Waals surface area contributed by atoms with Crippen LogP contribution in [0.2, 0.25) is 0 Å². The van der Waals surface area contributed by atoms with Crippen molar-refractivity contribution in [3.05, 3.63) is 0 Å². The van der Waals surface area contributed by atoms with Crippen LogP contribution in [-0.4, -0.2) is 37.6 Å². The molecule has 3 unspecified atom stereocenters. The van der Waals surface area contributed by atoms with Crippen molar-refractivity contribution >= 4 is 0 Å². The van der Waals surface area contributed by atoms with Gasteiger partial charge in [-0.15, -0.1) is 0 Å². The minimum Gasteiger partial charge on any atom is -0.374 e. The second-order valence-corrected chi connectivity index (χ2v) is 3.28. The topological polar surface area (TPSA) is 44.5 Å². The lowest BCUT2D eigenvalue weighted by Crippen LogP contribution is -2.58. The highest BCUT2D eigenvalue weighted by Crippen LogP contribution is 2.27. The molecule has 14 heavy (non-hydrogen) atoms. The van der Waals surface area contributed by atoms with Crippen LogP contribution in [-0.2, 0) is 9.47 Å². The summed E-state index contributed by atoms with van der Waals surface area (Å²) in [7, 11) is 0. The molecule has 0 saturated heterocycles. The molecule has 0 heterocycles. The lowest BCUT2D eigenvalue weighted by Gasteiger charge is -2.41. The molecule has 1 aliphatic rings. The van der Waals surface area contributed by atoms with Crippen LogP contribution in [0.4, 0.5) is 13.2 Å². The van der Waals surface area contributed by atoms with E-state index in [4.69, 9.17) is 10.5 Å². The standard InChI is InChI=1S/C8H14F3NO2/c1-2-13-7-5(12)3-6(7)14-4-8(9,10)11/h5-7H,2-4,12H2,1H3. The van der Waals surface area contributed by atoms with Crippen molar-refractivity contribution in [3.63, 3.8) is 0 Å². The molecular formula is C8H14F3NO2. The van der Waals surface area contributed by atoms with Gasteiger partial charge in [-0.25, -0.2) is 0 Å². The Labute approximate surface area is 80.4 Å². The molecule has 1 rings (SSSR count). The fourth-order valence-electron chi connectivity index (χ4n) is 1.40. The summed E-state index contributed by atoms with van der Waals surface area (Å²) in [6.07, 6.45) is -4.74. The van der Waals surface area contributed by atoms with E-state index in [-0.39, 0.29) is 12.1 Å². The van der Waals surface area contributed by atoms with Gasteiger partial charge in [-0.1, -0.05) is 0 Å². The van der Waals surface area contributed by atoms with Gasteiger partial charge in [0.25, 0.3) is 0 Å². The Kier molecular flexibility index (Phi) is 3.74. The Hall–Kier alpha value is -0.330. The average molecular weight is 213 g/mol. The molecule has 2 N–H and O–H groups in total. The van der Waals surface area contributed by atoms with Crippen molar-refractivity contribution in [1.29, 1.82) is 0 Å². The molecule has 0 radical (unpaired) electrons. The predicted octanol–water partition coefficient (Wildman–Crippen LogP) is 1.07. The molecule has 0 aliphatic heterocycles. The Morgan fingerprint density at radius 3 is 2.43 bits per heavy atom. The summed E-state index contributed by atoms with van der Waals surface area (Å²) in [5.41, 5.74) is 5.55. The van der Waals surface area contributed by atoms with E-state index < -0.39 is 18.9 Å². The Morgan fingerprint density at radius 2 is 2.00 bits per heavy atom. The van der Waals surface area contributed by atoms with E-state index in [1.807, 2.05) is 0 Å². The van der Waals surface area contributed by atoms with Crippen LogP contribution >= 0.6 is 0 Å². The molecule has 3 atom stereocenters. The number of ether oxygens (including phenoxy) is 2. The predicted molar refractivity (Wildman–Crippen MR) is 43.8 cm³/mol. The van der Waals surface area contributed by atoms with Gasteiger partial charge in [0.1, 0.15) is 6.61 Å². The molecule has 6 heteroatoms. The zero-order valence-corrected chi connectivity index (χ0v) is 7.88.